The van der Waals surface area contributed by atoms with Gasteiger partial charge in [0.15, 0.2) is 0 Å². The van der Waals surface area contributed by atoms with Crippen molar-refractivity contribution in [1.29, 1.82) is 0 Å². The van der Waals surface area contributed by atoms with Crippen molar-refractivity contribution < 1.29 is 10.2 Å². The van der Waals surface area contributed by atoms with E-state index >= 15 is 0 Å². The zero-order valence-electron chi connectivity index (χ0n) is 10.3. The molecule has 0 amide bonds. The first kappa shape index (κ1) is 12.3. The molecule has 0 aliphatic heterocycles. The molecule has 3 N–H and O–H groups in total. The van der Waals surface area contributed by atoms with Gasteiger partial charge in [0.25, 0.3) is 0 Å². The van der Waals surface area contributed by atoms with Crippen LogP contribution in [0.2, 0.25) is 0 Å². The molecule has 0 aliphatic rings. The quantitative estimate of drug-likeness (QED) is 0.723. The SMILES string of the molecule is CC(Cc1ccc(O)cc1)Nc1ccc(O)cc1. The number of phenols is 2. The summed E-state index contributed by atoms with van der Waals surface area (Å²) in [7, 11) is 0. The number of hydrogen-bond acceptors (Lipinski definition) is 3. The minimum absolute atomic E-state index is 0.270. The van der Waals surface area contributed by atoms with Crippen LogP contribution in [0.15, 0.2) is 48.5 Å². The molecule has 2 aromatic rings. The number of hydrogen-bond donors (Lipinski definition) is 3. The predicted octanol–water partition coefficient (Wildman–Crippen LogP) is 3.14. The maximum atomic E-state index is 9.21. The van der Waals surface area contributed by atoms with Gasteiger partial charge in [0.2, 0.25) is 0 Å². The third-order valence-corrected chi connectivity index (χ3v) is 2.76. The van der Waals surface area contributed by atoms with Crippen molar-refractivity contribution in [3.05, 3.63) is 54.1 Å². The van der Waals surface area contributed by atoms with Gasteiger partial charge in [0, 0.05) is 11.7 Å². The van der Waals surface area contributed by atoms with Crippen LogP contribution in [-0.2, 0) is 6.42 Å². The molecule has 18 heavy (non-hydrogen) atoms. The number of anilines is 1. The summed E-state index contributed by atoms with van der Waals surface area (Å²) < 4.78 is 0. The molecule has 0 spiro atoms. The van der Waals surface area contributed by atoms with Crippen LogP contribution in [0, 0.1) is 0 Å². The van der Waals surface area contributed by atoms with Gasteiger partial charge in [-0.3, -0.25) is 0 Å². The standard InChI is InChI=1S/C15H17NO2/c1-11(10-12-2-6-14(17)7-3-12)16-13-4-8-15(18)9-5-13/h2-9,11,16-18H,10H2,1H3. The van der Waals surface area contributed by atoms with E-state index in [0.29, 0.717) is 0 Å². The van der Waals surface area contributed by atoms with Crippen LogP contribution in [0.5, 0.6) is 11.5 Å². The maximum Gasteiger partial charge on any atom is 0.115 e. The lowest BCUT2D eigenvalue weighted by atomic mass is 10.1. The van der Waals surface area contributed by atoms with E-state index in [1.165, 1.54) is 5.56 Å². The monoisotopic (exact) mass is 243 g/mol. The van der Waals surface area contributed by atoms with Crippen LogP contribution in [0.3, 0.4) is 0 Å². The summed E-state index contributed by atoms with van der Waals surface area (Å²) in [5, 5.41) is 21.8. The summed E-state index contributed by atoms with van der Waals surface area (Å²) in [4.78, 5) is 0. The Balaban J connectivity index is 1.94. The Labute approximate surface area is 107 Å². The van der Waals surface area contributed by atoms with Crippen molar-refractivity contribution in [3.63, 3.8) is 0 Å². The predicted molar refractivity (Wildman–Crippen MR) is 73.0 cm³/mol. The highest BCUT2D eigenvalue weighted by molar-refractivity contribution is 5.46. The molecule has 0 saturated heterocycles. The van der Waals surface area contributed by atoms with E-state index in [1.807, 2.05) is 24.3 Å². The van der Waals surface area contributed by atoms with Gasteiger partial charge < -0.3 is 15.5 Å². The Kier molecular flexibility index (Phi) is 3.72. The normalized spacial score (nSPS) is 12.1. The summed E-state index contributed by atoms with van der Waals surface area (Å²) >= 11 is 0. The number of aromatic hydroxyl groups is 2. The molecule has 1 unspecified atom stereocenters. The van der Waals surface area contributed by atoms with Crippen molar-refractivity contribution in [1.82, 2.24) is 0 Å². The van der Waals surface area contributed by atoms with Crippen LogP contribution in [0.1, 0.15) is 12.5 Å². The largest absolute Gasteiger partial charge is 0.508 e. The molecular weight excluding hydrogens is 226 g/mol. The molecule has 0 aliphatic carbocycles. The molecule has 0 radical (unpaired) electrons. The van der Waals surface area contributed by atoms with Crippen molar-refractivity contribution in [3.8, 4) is 11.5 Å². The fraction of sp³-hybridized carbons (Fsp3) is 0.200. The zero-order valence-corrected chi connectivity index (χ0v) is 10.3. The average molecular weight is 243 g/mol. The molecule has 2 rings (SSSR count). The van der Waals surface area contributed by atoms with E-state index < -0.39 is 0 Å². The molecule has 0 heterocycles. The second-order valence-electron chi connectivity index (χ2n) is 4.46. The first-order chi connectivity index (χ1) is 8.63. The summed E-state index contributed by atoms with van der Waals surface area (Å²) in [6.07, 6.45) is 0.876. The molecule has 0 bridgehead atoms. The van der Waals surface area contributed by atoms with E-state index in [2.05, 4.69) is 12.2 Å². The van der Waals surface area contributed by atoms with Crippen LogP contribution in [0.25, 0.3) is 0 Å². The Bertz CT molecular complexity index is 443. The highest BCUT2D eigenvalue weighted by atomic mass is 16.3. The first-order valence-corrected chi connectivity index (χ1v) is 5.97. The van der Waals surface area contributed by atoms with Crippen molar-refractivity contribution in [2.45, 2.75) is 19.4 Å². The fourth-order valence-electron chi connectivity index (χ4n) is 1.88. The van der Waals surface area contributed by atoms with Gasteiger partial charge in [-0.15, -0.1) is 0 Å². The number of phenolic OH excluding ortho intramolecular Hbond substituents is 2. The molecule has 2 aromatic carbocycles. The Morgan fingerprint density at radius 3 is 1.94 bits per heavy atom. The van der Waals surface area contributed by atoms with Crippen LogP contribution >= 0.6 is 0 Å². The fourth-order valence-corrected chi connectivity index (χ4v) is 1.88. The lowest BCUT2D eigenvalue weighted by Crippen LogP contribution is -2.17. The molecule has 0 saturated carbocycles. The molecule has 3 nitrogen and oxygen atoms in total. The highest BCUT2D eigenvalue weighted by Gasteiger charge is 2.03. The van der Waals surface area contributed by atoms with E-state index in [0.717, 1.165) is 12.1 Å². The number of benzene rings is 2. The molecule has 0 fully saturated rings. The Morgan fingerprint density at radius 1 is 0.889 bits per heavy atom. The number of rotatable bonds is 4. The van der Waals surface area contributed by atoms with Gasteiger partial charge >= 0.3 is 0 Å². The molecule has 94 valence electrons. The highest BCUT2D eigenvalue weighted by Crippen LogP contribution is 2.16. The topological polar surface area (TPSA) is 52.5 Å². The van der Waals surface area contributed by atoms with Crippen LogP contribution in [0.4, 0.5) is 5.69 Å². The molecule has 1 atom stereocenters. The van der Waals surface area contributed by atoms with Crippen LogP contribution in [-0.4, -0.2) is 16.3 Å². The van der Waals surface area contributed by atoms with Gasteiger partial charge in [-0.2, -0.15) is 0 Å². The van der Waals surface area contributed by atoms with Gasteiger partial charge in [-0.25, -0.2) is 0 Å². The first-order valence-electron chi connectivity index (χ1n) is 5.97. The van der Waals surface area contributed by atoms with E-state index in [4.69, 9.17) is 0 Å². The van der Waals surface area contributed by atoms with E-state index in [1.54, 1.807) is 24.3 Å². The second kappa shape index (κ2) is 5.45. The molecular formula is C15H17NO2. The smallest absolute Gasteiger partial charge is 0.115 e. The lowest BCUT2D eigenvalue weighted by Gasteiger charge is -2.15. The molecule has 0 aromatic heterocycles. The van der Waals surface area contributed by atoms with Crippen LogP contribution < -0.4 is 5.32 Å². The summed E-state index contributed by atoms with van der Waals surface area (Å²) in [5.41, 5.74) is 2.16. The molecule has 3 heteroatoms. The summed E-state index contributed by atoms with van der Waals surface area (Å²) in [6, 6.07) is 14.5. The summed E-state index contributed by atoms with van der Waals surface area (Å²) in [6.45, 7) is 2.10. The Morgan fingerprint density at radius 2 is 1.39 bits per heavy atom. The van der Waals surface area contributed by atoms with Crippen molar-refractivity contribution in [2.75, 3.05) is 5.32 Å². The van der Waals surface area contributed by atoms with Gasteiger partial charge in [-0.05, 0) is 55.3 Å². The van der Waals surface area contributed by atoms with Crippen molar-refractivity contribution >= 4 is 5.69 Å². The minimum Gasteiger partial charge on any atom is -0.508 e. The van der Waals surface area contributed by atoms with Gasteiger partial charge in [0.1, 0.15) is 11.5 Å². The van der Waals surface area contributed by atoms with Gasteiger partial charge in [-0.1, -0.05) is 12.1 Å². The second-order valence-corrected chi connectivity index (χ2v) is 4.46. The zero-order chi connectivity index (χ0) is 13.0. The third-order valence-electron chi connectivity index (χ3n) is 2.76. The van der Waals surface area contributed by atoms with E-state index in [-0.39, 0.29) is 17.5 Å². The van der Waals surface area contributed by atoms with Crippen molar-refractivity contribution in [2.24, 2.45) is 0 Å². The maximum absolute atomic E-state index is 9.21. The average Bonchev–Trinajstić information content (AvgIpc) is 2.35. The van der Waals surface area contributed by atoms with Gasteiger partial charge in [0.05, 0.1) is 0 Å². The Hall–Kier alpha value is -2.16. The lowest BCUT2D eigenvalue weighted by molar-refractivity contribution is 0.474. The number of nitrogens with one attached hydrogen (secondary N) is 1. The minimum atomic E-state index is 0.270. The summed E-state index contributed by atoms with van der Waals surface area (Å²) in [5.74, 6) is 0.560. The van der Waals surface area contributed by atoms with E-state index in [9.17, 15) is 10.2 Å². The third kappa shape index (κ3) is 3.42.